The summed E-state index contributed by atoms with van der Waals surface area (Å²) in [5.41, 5.74) is 1.88. The van der Waals surface area contributed by atoms with Gasteiger partial charge in [0.15, 0.2) is 0 Å². The van der Waals surface area contributed by atoms with Gasteiger partial charge >= 0.3 is 0 Å². The van der Waals surface area contributed by atoms with Crippen molar-refractivity contribution >= 4 is 31.4 Å². The molecule has 0 aromatic heterocycles. The van der Waals surface area contributed by atoms with E-state index < -0.39 is 20.0 Å². The van der Waals surface area contributed by atoms with Crippen LogP contribution in [0, 0.1) is 0 Å². The van der Waals surface area contributed by atoms with Gasteiger partial charge in [0.1, 0.15) is 0 Å². The van der Waals surface area contributed by atoms with Gasteiger partial charge < -0.3 is 4.74 Å². The average molecular weight is 348 g/mol. The number of benzene rings is 1. The van der Waals surface area contributed by atoms with E-state index in [0.29, 0.717) is 24.3 Å². The molecule has 2 rings (SSSR count). The van der Waals surface area contributed by atoms with E-state index in [2.05, 4.69) is 4.72 Å². The quantitative estimate of drug-likeness (QED) is 0.820. The minimum Gasteiger partial charge on any atom is -0.384 e. The number of hydrogen-bond acceptors (Lipinski definition) is 5. The van der Waals surface area contributed by atoms with E-state index in [0.717, 1.165) is 12.0 Å². The van der Waals surface area contributed by atoms with Crippen LogP contribution in [0.25, 0.3) is 0 Å². The van der Waals surface area contributed by atoms with E-state index in [4.69, 9.17) is 4.74 Å². The molecule has 0 aliphatic carbocycles. The highest BCUT2D eigenvalue weighted by Crippen LogP contribution is 2.31. The number of ether oxygens (including phenoxy) is 1. The minimum atomic E-state index is -3.47. The van der Waals surface area contributed by atoms with Crippen LogP contribution in [-0.2, 0) is 31.2 Å². The number of aryl methyl sites for hydroxylation is 1. The summed E-state index contributed by atoms with van der Waals surface area (Å²) in [5, 5.41) is 0. The number of methoxy groups -OCH3 is 1. The molecule has 1 aliphatic heterocycles. The van der Waals surface area contributed by atoms with Gasteiger partial charge in [-0.25, -0.2) is 16.8 Å². The van der Waals surface area contributed by atoms with Gasteiger partial charge in [-0.3, -0.25) is 9.03 Å². The first-order valence-corrected chi connectivity index (χ1v) is 10.3. The van der Waals surface area contributed by atoms with Crippen molar-refractivity contribution < 1.29 is 21.6 Å². The molecule has 0 bridgehead atoms. The maximum atomic E-state index is 11.9. The second kappa shape index (κ2) is 6.43. The van der Waals surface area contributed by atoms with E-state index >= 15 is 0 Å². The van der Waals surface area contributed by atoms with Crippen LogP contribution in [0.2, 0.25) is 0 Å². The average Bonchev–Trinajstić information content (AvgIpc) is 2.43. The molecule has 7 nitrogen and oxygen atoms in total. The standard InChI is InChI=1S/C13H20N2O5S2/c1-20-8-9-22(18,19)14-12-5-6-13-11(10-12)4-3-7-15(13)21(2,16)17/h5-6,10,14H,3-4,7-9H2,1-2H3. The molecule has 22 heavy (non-hydrogen) atoms. The van der Waals surface area contributed by atoms with Gasteiger partial charge in [0.2, 0.25) is 20.0 Å². The summed E-state index contributed by atoms with van der Waals surface area (Å²) in [6, 6.07) is 4.91. The molecule has 124 valence electrons. The Balaban J connectivity index is 2.25. The molecule has 0 saturated carbocycles. The molecule has 0 saturated heterocycles. The largest absolute Gasteiger partial charge is 0.384 e. The van der Waals surface area contributed by atoms with E-state index in [-0.39, 0.29) is 12.4 Å². The van der Waals surface area contributed by atoms with E-state index in [1.165, 1.54) is 17.7 Å². The summed E-state index contributed by atoms with van der Waals surface area (Å²) in [4.78, 5) is 0. The minimum absolute atomic E-state index is 0.113. The third-order valence-corrected chi connectivity index (χ3v) is 5.82. The third kappa shape index (κ3) is 4.11. The Morgan fingerprint density at radius 1 is 1.27 bits per heavy atom. The van der Waals surface area contributed by atoms with E-state index in [1.54, 1.807) is 18.2 Å². The maximum Gasteiger partial charge on any atom is 0.234 e. The fraction of sp³-hybridized carbons (Fsp3) is 0.538. The molecule has 1 heterocycles. The predicted octanol–water partition coefficient (Wildman–Crippen LogP) is 0.787. The monoisotopic (exact) mass is 348 g/mol. The molecular weight excluding hydrogens is 328 g/mol. The van der Waals surface area contributed by atoms with Crippen LogP contribution in [0.5, 0.6) is 0 Å². The highest BCUT2D eigenvalue weighted by molar-refractivity contribution is 7.92. The zero-order valence-electron chi connectivity index (χ0n) is 12.6. The molecule has 0 atom stereocenters. The lowest BCUT2D eigenvalue weighted by Crippen LogP contribution is -2.34. The first-order chi connectivity index (χ1) is 10.2. The third-order valence-electron chi connectivity index (χ3n) is 3.39. The molecule has 1 N–H and O–H groups in total. The zero-order valence-corrected chi connectivity index (χ0v) is 14.2. The first-order valence-electron chi connectivity index (χ1n) is 6.83. The van der Waals surface area contributed by atoms with Crippen LogP contribution in [0.1, 0.15) is 12.0 Å². The second-order valence-electron chi connectivity index (χ2n) is 5.20. The topological polar surface area (TPSA) is 92.8 Å². The Bertz CT molecular complexity index is 744. The lowest BCUT2D eigenvalue weighted by atomic mass is 10.0. The Kier molecular flexibility index (Phi) is 4.98. The van der Waals surface area contributed by atoms with Gasteiger partial charge in [-0.05, 0) is 36.6 Å². The number of nitrogens with one attached hydrogen (secondary N) is 1. The fourth-order valence-electron chi connectivity index (χ4n) is 2.39. The van der Waals surface area contributed by atoms with E-state index in [9.17, 15) is 16.8 Å². The smallest absolute Gasteiger partial charge is 0.234 e. The summed E-state index contributed by atoms with van der Waals surface area (Å²) < 4.78 is 55.9. The lowest BCUT2D eigenvalue weighted by molar-refractivity contribution is 0.217. The van der Waals surface area contributed by atoms with Crippen molar-refractivity contribution in [3.8, 4) is 0 Å². The zero-order chi connectivity index (χ0) is 16.4. The van der Waals surface area contributed by atoms with Gasteiger partial charge in [-0.1, -0.05) is 0 Å². The van der Waals surface area contributed by atoms with Gasteiger partial charge in [0, 0.05) is 19.3 Å². The summed E-state index contributed by atoms with van der Waals surface area (Å²) in [7, 11) is -5.35. The van der Waals surface area contributed by atoms with Crippen LogP contribution in [0.3, 0.4) is 0 Å². The molecule has 0 radical (unpaired) electrons. The van der Waals surface area contributed by atoms with Gasteiger partial charge in [-0.15, -0.1) is 0 Å². The molecule has 1 aromatic rings. The predicted molar refractivity (Wildman–Crippen MR) is 86.2 cm³/mol. The lowest BCUT2D eigenvalue weighted by Gasteiger charge is -2.29. The highest BCUT2D eigenvalue weighted by atomic mass is 32.2. The Hall–Kier alpha value is -1.32. The number of hydrogen-bond donors (Lipinski definition) is 1. The fourth-order valence-corrected chi connectivity index (χ4v) is 4.36. The Morgan fingerprint density at radius 2 is 2.00 bits per heavy atom. The SMILES string of the molecule is COCCS(=O)(=O)Nc1ccc2c(c1)CCCN2S(C)(=O)=O. The Morgan fingerprint density at radius 3 is 2.64 bits per heavy atom. The molecule has 0 unspecified atom stereocenters. The van der Waals surface area contributed by atoms with Gasteiger partial charge in [0.25, 0.3) is 0 Å². The van der Waals surface area contributed by atoms with Crippen LogP contribution >= 0.6 is 0 Å². The molecule has 1 aliphatic rings. The van der Waals surface area contributed by atoms with Gasteiger partial charge in [0.05, 0.1) is 24.3 Å². The Labute approximate surface area is 131 Å². The maximum absolute atomic E-state index is 11.9. The van der Waals surface area contributed by atoms with Crippen molar-refractivity contribution in [3.63, 3.8) is 0 Å². The molecular formula is C13H20N2O5S2. The van der Waals surface area contributed by atoms with Crippen molar-refractivity contribution in [2.45, 2.75) is 12.8 Å². The second-order valence-corrected chi connectivity index (χ2v) is 8.94. The first kappa shape index (κ1) is 17.0. The summed E-state index contributed by atoms with van der Waals surface area (Å²) in [6.07, 6.45) is 2.60. The number of anilines is 2. The van der Waals surface area contributed by atoms with Gasteiger partial charge in [-0.2, -0.15) is 0 Å². The van der Waals surface area contributed by atoms with E-state index in [1.807, 2.05) is 0 Å². The van der Waals surface area contributed by atoms with Crippen LogP contribution in [0.4, 0.5) is 11.4 Å². The number of fused-ring (bicyclic) bond motifs is 1. The van der Waals surface area contributed by atoms with Crippen molar-refractivity contribution in [3.05, 3.63) is 23.8 Å². The van der Waals surface area contributed by atoms with Crippen molar-refractivity contribution in [1.29, 1.82) is 0 Å². The number of sulfonamides is 2. The van der Waals surface area contributed by atoms with Crippen LogP contribution < -0.4 is 9.03 Å². The number of rotatable bonds is 6. The molecule has 0 fully saturated rings. The highest BCUT2D eigenvalue weighted by Gasteiger charge is 2.24. The number of nitrogens with zero attached hydrogens (tertiary/aromatic N) is 1. The summed E-state index contributed by atoms with van der Waals surface area (Å²) >= 11 is 0. The normalized spacial score (nSPS) is 15.5. The summed E-state index contributed by atoms with van der Waals surface area (Å²) in [5.74, 6) is -0.129. The van der Waals surface area contributed by atoms with Crippen molar-refractivity contribution in [2.24, 2.45) is 0 Å². The van der Waals surface area contributed by atoms with Crippen molar-refractivity contribution in [1.82, 2.24) is 0 Å². The van der Waals surface area contributed by atoms with Crippen LogP contribution in [-0.4, -0.2) is 49.1 Å². The van der Waals surface area contributed by atoms with Crippen molar-refractivity contribution in [2.75, 3.05) is 41.3 Å². The molecule has 0 spiro atoms. The molecule has 0 amide bonds. The molecule has 9 heteroatoms. The molecule has 1 aromatic carbocycles. The van der Waals surface area contributed by atoms with Crippen LogP contribution in [0.15, 0.2) is 18.2 Å². The summed E-state index contributed by atoms with van der Waals surface area (Å²) in [6.45, 7) is 0.562.